The number of rotatable bonds is 5. The zero-order valence-corrected chi connectivity index (χ0v) is 20.5. The van der Waals surface area contributed by atoms with Crippen molar-refractivity contribution in [1.29, 1.82) is 0 Å². The first-order valence-electron chi connectivity index (χ1n) is 11.1. The zero-order valence-electron chi connectivity index (χ0n) is 19.7. The van der Waals surface area contributed by atoms with Crippen LogP contribution in [0.1, 0.15) is 17.3 Å². The quantitative estimate of drug-likeness (QED) is 0.539. The summed E-state index contributed by atoms with van der Waals surface area (Å²) in [6.07, 6.45) is -0.373. The van der Waals surface area contributed by atoms with Crippen LogP contribution in [-0.4, -0.2) is 78.4 Å². The van der Waals surface area contributed by atoms with Crippen LogP contribution < -0.4 is 15.0 Å². The molecule has 0 aliphatic carbocycles. The van der Waals surface area contributed by atoms with Crippen LogP contribution in [0.5, 0.6) is 11.5 Å². The molecule has 2 amide bonds. The number of nitrogens with one attached hydrogen (secondary N) is 1. The van der Waals surface area contributed by atoms with Crippen molar-refractivity contribution in [2.45, 2.75) is 6.92 Å². The Balaban J connectivity index is 1.65. The second kappa shape index (κ2) is 10.2. The summed E-state index contributed by atoms with van der Waals surface area (Å²) in [5, 5.41) is 0.368. The van der Waals surface area contributed by atoms with E-state index in [4.69, 9.17) is 26.4 Å². The van der Waals surface area contributed by atoms with Gasteiger partial charge in [-0.15, -0.1) is 0 Å². The van der Waals surface area contributed by atoms with E-state index in [2.05, 4.69) is 4.98 Å². The molecular formula is C24H26N4O6S. The first kappa shape index (κ1) is 24.3. The number of methoxy groups -OCH3 is 2. The maximum atomic E-state index is 13.4. The van der Waals surface area contributed by atoms with Crippen LogP contribution in [0.3, 0.4) is 0 Å². The Morgan fingerprint density at radius 2 is 1.71 bits per heavy atom. The lowest BCUT2D eigenvalue weighted by Crippen LogP contribution is -2.50. The highest BCUT2D eigenvalue weighted by molar-refractivity contribution is 7.71. The number of benzene rings is 2. The fourth-order valence-corrected chi connectivity index (χ4v) is 4.32. The minimum absolute atomic E-state index is 0.154. The average Bonchev–Trinajstić information content (AvgIpc) is 2.88. The summed E-state index contributed by atoms with van der Waals surface area (Å²) >= 11 is 5.50. The highest BCUT2D eigenvalue weighted by atomic mass is 32.1. The van der Waals surface area contributed by atoms with Gasteiger partial charge in [0, 0.05) is 37.8 Å². The van der Waals surface area contributed by atoms with Crippen molar-refractivity contribution in [3.63, 3.8) is 0 Å². The molecule has 0 atom stereocenters. The van der Waals surface area contributed by atoms with Gasteiger partial charge in [0.15, 0.2) is 4.77 Å². The Labute approximate surface area is 206 Å². The standard InChI is InChI=1S/C24H26N4O6S/c1-4-34-24(31)27-11-9-26(10-12-27)21(29)15-5-7-17-18(13-15)25-23(35)28(22(17)30)19-14-16(32-2)6-8-20(19)33-3/h5-8,13-14H,4,9-12H2,1-3H3,(H,25,35). The van der Waals surface area contributed by atoms with E-state index in [1.807, 2.05) is 0 Å². The molecule has 0 saturated carbocycles. The Hall–Kier alpha value is -3.86. The van der Waals surface area contributed by atoms with Crippen molar-refractivity contribution in [3.8, 4) is 17.2 Å². The summed E-state index contributed by atoms with van der Waals surface area (Å²) in [6.45, 7) is 3.64. The Morgan fingerprint density at radius 1 is 1.00 bits per heavy atom. The molecule has 2 aromatic carbocycles. The van der Waals surface area contributed by atoms with E-state index in [1.54, 1.807) is 53.1 Å². The highest BCUT2D eigenvalue weighted by Gasteiger charge is 2.26. The lowest BCUT2D eigenvalue weighted by molar-refractivity contribution is 0.0570. The van der Waals surface area contributed by atoms with Gasteiger partial charge >= 0.3 is 6.09 Å². The van der Waals surface area contributed by atoms with Crippen LogP contribution >= 0.6 is 12.2 Å². The molecule has 0 bridgehead atoms. The predicted octanol–water partition coefficient (Wildman–Crippen LogP) is 2.98. The maximum absolute atomic E-state index is 13.4. The number of nitrogens with zero attached hydrogens (tertiary/aromatic N) is 3. The van der Waals surface area contributed by atoms with Gasteiger partial charge in [0.05, 0.1) is 37.4 Å². The largest absolute Gasteiger partial charge is 0.497 e. The van der Waals surface area contributed by atoms with Crippen LogP contribution in [0.25, 0.3) is 16.6 Å². The molecule has 1 aliphatic rings. The molecular weight excluding hydrogens is 472 g/mol. The van der Waals surface area contributed by atoms with Gasteiger partial charge in [-0.05, 0) is 49.5 Å². The van der Waals surface area contributed by atoms with Gasteiger partial charge in [0.2, 0.25) is 0 Å². The average molecular weight is 499 g/mol. The minimum Gasteiger partial charge on any atom is -0.497 e. The van der Waals surface area contributed by atoms with Crippen LogP contribution in [0, 0.1) is 4.77 Å². The topological polar surface area (TPSA) is 106 Å². The molecule has 1 aliphatic heterocycles. The third-order valence-electron chi connectivity index (χ3n) is 5.86. The van der Waals surface area contributed by atoms with Gasteiger partial charge in [-0.3, -0.25) is 9.59 Å². The third-order valence-corrected chi connectivity index (χ3v) is 6.15. The molecule has 0 spiro atoms. The van der Waals surface area contributed by atoms with E-state index in [-0.39, 0.29) is 22.3 Å². The summed E-state index contributed by atoms with van der Waals surface area (Å²) in [5.74, 6) is 0.820. The molecule has 1 saturated heterocycles. The van der Waals surface area contributed by atoms with E-state index in [0.29, 0.717) is 66.4 Å². The number of aromatic nitrogens is 2. The molecule has 3 aromatic rings. The van der Waals surface area contributed by atoms with Crippen molar-refractivity contribution in [2.24, 2.45) is 0 Å². The number of ether oxygens (including phenoxy) is 3. The highest BCUT2D eigenvalue weighted by Crippen LogP contribution is 2.27. The van der Waals surface area contributed by atoms with Gasteiger partial charge < -0.3 is 29.0 Å². The summed E-state index contributed by atoms with van der Waals surface area (Å²) in [5.41, 5.74) is 0.968. The third kappa shape index (κ3) is 4.72. The normalized spacial score (nSPS) is 13.6. The van der Waals surface area contributed by atoms with Crippen LogP contribution in [0.4, 0.5) is 4.79 Å². The van der Waals surface area contributed by atoms with Gasteiger partial charge in [0.25, 0.3) is 11.5 Å². The molecule has 11 heteroatoms. The molecule has 1 N–H and O–H groups in total. The predicted molar refractivity (Wildman–Crippen MR) is 132 cm³/mol. The lowest BCUT2D eigenvalue weighted by Gasteiger charge is -2.34. The Kier molecular flexibility index (Phi) is 7.06. The van der Waals surface area contributed by atoms with Gasteiger partial charge in [-0.2, -0.15) is 0 Å². The summed E-state index contributed by atoms with van der Waals surface area (Å²) in [4.78, 5) is 44.7. The van der Waals surface area contributed by atoms with Crippen molar-refractivity contribution < 1.29 is 23.8 Å². The van der Waals surface area contributed by atoms with E-state index >= 15 is 0 Å². The molecule has 1 aromatic heterocycles. The number of fused-ring (bicyclic) bond motifs is 1. The number of carbonyl (C=O) groups is 2. The maximum Gasteiger partial charge on any atom is 0.409 e. The van der Waals surface area contributed by atoms with Crippen molar-refractivity contribution in [3.05, 3.63) is 57.1 Å². The second-order valence-corrected chi connectivity index (χ2v) is 8.23. The van der Waals surface area contributed by atoms with Crippen LogP contribution in [-0.2, 0) is 4.74 Å². The summed E-state index contributed by atoms with van der Waals surface area (Å²) in [7, 11) is 3.04. The lowest BCUT2D eigenvalue weighted by atomic mass is 10.1. The fourth-order valence-electron chi connectivity index (χ4n) is 4.03. The molecule has 2 heterocycles. The van der Waals surface area contributed by atoms with Crippen molar-refractivity contribution >= 4 is 35.1 Å². The van der Waals surface area contributed by atoms with E-state index in [9.17, 15) is 14.4 Å². The summed E-state index contributed by atoms with van der Waals surface area (Å²) < 4.78 is 17.2. The van der Waals surface area contributed by atoms with Crippen molar-refractivity contribution in [1.82, 2.24) is 19.4 Å². The number of carbonyl (C=O) groups excluding carboxylic acids is 2. The second-order valence-electron chi connectivity index (χ2n) is 7.85. The molecule has 184 valence electrons. The van der Waals surface area contributed by atoms with E-state index < -0.39 is 0 Å². The minimum atomic E-state index is -0.373. The molecule has 0 unspecified atom stereocenters. The number of hydrogen-bond acceptors (Lipinski definition) is 7. The number of hydrogen-bond donors (Lipinski definition) is 1. The van der Waals surface area contributed by atoms with Crippen molar-refractivity contribution in [2.75, 3.05) is 47.0 Å². The molecule has 35 heavy (non-hydrogen) atoms. The molecule has 4 rings (SSSR count). The SMILES string of the molecule is CCOC(=O)N1CCN(C(=O)c2ccc3c(=O)n(-c4cc(OC)ccc4OC)c(=S)[nH]c3c2)CC1. The first-order chi connectivity index (χ1) is 16.9. The van der Waals surface area contributed by atoms with Gasteiger partial charge in [-0.25, -0.2) is 9.36 Å². The fraction of sp³-hybridized carbons (Fsp3) is 0.333. The zero-order chi connectivity index (χ0) is 25.1. The first-order valence-corrected chi connectivity index (χ1v) is 11.5. The van der Waals surface area contributed by atoms with E-state index in [1.165, 1.54) is 18.8 Å². The monoisotopic (exact) mass is 498 g/mol. The smallest absolute Gasteiger partial charge is 0.409 e. The molecule has 0 radical (unpaired) electrons. The van der Waals surface area contributed by atoms with Gasteiger partial charge in [0.1, 0.15) is 11.5 Å². The molecule has 1 fully saturated rings. The number of H-pyrrole nitrogens is 1. The molecule has 10 nitrogen and oxygen atoms in total. The van der Waals surface area contributed by atoms with E-state index in [0.717, 1.165) is 0 Å². The summed E-state index contributed by atoms with van der Waals surface area (Å²) in [6, 6.07) is 9.94. The Bertz CT molecular complexity index is 1390. The number of amides is 2. The number of piperazine rings is 1. The van der Waals surface area contributed by atoms with Crippen LogP contribution in [0.15, 0.2) is 41.2 Å². The van der Waals surface area contributed by atoms with Crippen LogP contribution in [0.2, 0.25) is 0 Å². The van der Waals surface area contributed by atoms with Gasteiger partial charge in [-0.1, -0.05) is 0 Å². The number of aromatic amines is 1. The Morgan fingerprint density at radius 3 is 2.37 bits per heavy atom.